The molecule has 0 unspecified atom stereocenters. The molecule has 0 amide bonds. The maximum Gasteiger partial charge on any atom is 0.371 e. The van der Waals surface area contributed by atoms with Crippen LogP contribution in [0.1, 0.15) is 21.9 Å². The minimum atomic E-state index is -1.09. The molecule has 0 aliphatic rings. The molecule has 0 atom stereocenters. The number of benzene rings is 1. The molecule has 0 saturated heterocycles. The maximum absolute atomic E-state index is 10.8. The summed E-state index contributed by atoms with van der Waals surface area (Å²) in [6.45, 7) is 1.93. The van der Waals surface area contributed by atoms with E-state index in [0.717, 1.165) is 13.4 Å². The summed E-state index contributed by atoms with van der Waals surface area (Å²) in [7, 11) is 0. The van der Waals surface area contributed by atoms with E-state index in [1.54, 1.807) is 6.92 Å². The zero-order chi connectivity index (χ0) is 14.9. The van der Waals surface area contributed by atoms with Crippen LogP contribution in [0.5, 0.6) is 5.75 Å². The van der Waals surface area contributed by atoms with Crippen LogP contribution in [0.4, 0.5) is 0 Å². The second-order valence-corrected chi connectivity index (χ2v) is 6.61. The second-order valence-electron chi connectivity index (χ2n) is 3.98. The first-order valence-corrected chi connectivity index (χ1v) is 7.86. The number of carboxylic acids is 1. The predicted octanol–water partition coefficient (Wildman–Crippen LogP) is 5.15. The average Bonchev–Trinajstić information content (AvgIpc) is 2.70. The number of hydrogen-bond acceptors (Lipinski definition) is 3. The molecule has 1 aromatic carbocycles. The largest absolute Gasteiger partial charge is 0.486 e. The third-order valence-corrected chi connectivity index (χ3v) is 4.20. The number of hydrogen-bond donors (Lipinski definition) is 1. The lowest BCUT2D eigenvalue weighted by Gasteiger charge is -2.10. The van der Waals surface area contributed by atoms with Crippen molar-refractivity contribution in [1.82, 2.24) is 0 Å². The molecule has 0 spiro atoms. The molecular formula is C13H9Br3O4. The Morgan fingerprint density at radius 2 is 1.85 bits per heavy atom. The van der Waals surface area contributed by atoms with Crippen molar-refractivity contribution in [3.05, 3.63) is 48.7 Å². The normalized spacial score (nSPS) is 10.6. The minimum absolute atomic E-state index is 0.0879. The summed E-state index contributed by atoms with van der Waals surface area (Å²) in [5, 5.41) is 8.87. The molecular weight excluding hydrogens is 460 g/mol. The van der Waals surface area contributed by atoms with Gasteiger partial charge in [-0.25, -0.2) is 4.79 Å². The molecule has 1 N–H and O–H groups in total. The third kappa shape index (κ3) is 3.45. The lowest BCUT2D eigenvalue weighted by Crippen LogP contribution is -1.97. The van der Waals surface area contributed by atoms with Gasteiger partial charge in [0.15, 0.2) is 0 Å². The van der Waals surface area contributed by atoms with Gasteiger partial charge in [0.05, 0.1) is 8.95 Å². The fourth-order valence-corrected chi connectivity index (χ4v) is 4.07. The van der Waals surface area contributed by atoms with Crippen molar-refractivity contribution in [3.63, 3.8) is 0 Å². The van der Waals surface area contributed by atoms with Gasteiger partial charge in [-0.15, -0.1) is 0 Å². The van der Waals surface area contributed by atoms with Crippen LogP contribution in [-0.4, -0.2) is 11.1 Å². The van der Waals surface area contributed by atoms with Gasteiger partial charge in [-0.1, -0.05) is 15.9 Å². The molecule has 0 radical (unpaired) electrons. The predicted molar refractivity (Wildman–Crippen MR) is 84.3 cm³/mol. The van der Waals surface area contributed by atoms with Crippen molar-refractivity contribution < 1.29 is 19.1 Å². The molecule has 0 aliphatic carbocycles. The van der Waals surface area contributed by atoms with Gasteiger partial charge in [0.1, 0.15) is 18.1 Å². The Labute approximate surface area is 140 Å². The van der Waals surface area contributed by atoms with Gasteiger partial charge >= 0.3 is 5.97 Å². The van der Waals surface area contributed by atoms with Crippen molar-refractivity contribution in [2.75, 3.05) is 0 Å². The Balaban J connectivity index is 2.19. The molecule has 106 valence electrons. The number of rotatable bonds is 4. The van der Waals surface area contributed by atoms with Crippen molar-refractivity contribution >= 4 is 53.8 Å². The summed E-state index contributed by atoms with van der Waals surface area (Å²) in [5.74, 6) is -0.00202. The van der Waals surface area contributed by atoms with E-state index < -0.39 is 5.97 Å². The number of furan rings is 1. The summed E-state index contributed by atoms with van der Waals surface area (Å²) in [5.41, 5.74) is 0.698. The van der Waals surface area contributed by atoms with E-state index in [0.29, 0.717) is 17.1 Å². The first-order valence-electron chi connectivity index (χ1n) is 5.48. The van der Waals surface area contributed by atoms with Crippen LogP contribution >= 0.6 is 47.8 Å². The zero-order valence-electron chi connectivity index (χ0n) is 10.2. The molecule has 20 heavy (non-hydrogen) atoms. The Morgan fingerprint density at radius 3 is 2.35 bits per heavy atom. The topological polar surface area (TPSA) is 59.7 Å². The van der Waals surface area contributed by atoms with E-state index in [-0.39, 0.29) is 12.4 Å². The lowest BCUT2D eigenvalue weighted by atomic mass is 10.2. The third-order valence-electron chi connectivity index (χ3n) is 2.57. The number of halogens is 3. The smallest absolute Gasteiger partial charge is 0.371 e. The number of carbonyl (C=O) groups is 1. The Morgan fingerprint density at radius 1 is 1.25 bits per heavy atom. The average molecular weight is 469 g/mol. The SMILES string of the molecule is Cc1oc(C(=O)O)cc1COc1c(Br)cc(Br)cc1Br. The quantitative estimate of drug-likeness (QED) is 0.674. The van der Waals surface area contributed by atoms with Gasteiger partial charge in [0.2, 0.25) is 5.76 Å². The monoisotopic (exact) mass is 466 g/mol. The van der Waals surface area contributed by atoms with Crippen molar-refractivity contribution in [2.24, 2.45) is 0 Å². The molecule has 0 fully saturated rings. The molecule has 7 heteroatoms. The summed E-state index contributed by atoms with van der Waals surface area (Å²) in [4.78, 5) is 10.8. The molecule has 1 heterocycles. The van der Waals surface area contributed by atoms with Crippen molar-refractivity contribution in [1.29, 1.82) is 0 Å². The Hall–Kier alpha value is -0.790. The molecule has 4 nitrogen and oxygen atoms in total. The highest BCUT2D eigenvalue weighted by atomic mass is 79.9. The Bertz CT molecular complexity index is 641. The molecule has 2 rings (SSSR count). The van der Waals surface area contributed by atoms with Gasteiger partial charge in [0, 0.05) is 10.0 Å². The highest BCUT2D eigenvalue weighted by molar-refractivity contribution is 9.11. The first-order chi connectivity index (χ1) is 9.38. The number of carboxylic acid groups (broad SMARTS) is 1. The van der Waals surface area contributed by atoms with Gasteiger partial charge < -0.3 is 14.3 Å². The van der Waals surface area contributed by atoms with Crippen LogP contribution in [-0.2, 0) is 6.61 Å². The van der Waals surface area contributed by atoms with Gasteiger partial charge in [0.25, 0.3) is 0 Å². The van der Waals surface area contributed by atoms with E-state index in [9.17, 15) is 4.79 Å². The molecule has 0 bridgehead atoms. The van der Waals surface area contributed by atoms with E-state index >= 15 is 0 Å². The number of aromatic carboxylic acids is 1. The van der Waals surface area contributed by atoms with Crippen LogP contribution in [0, 0.1) is 6.92 Å². The second kappa shape index (κ2) is 6.32. The molecule has 1 aromatic heterocycles. The Kier molecular flexibility index (Phi) is 4.93. The lowest BCUT2D eigenvalue weighted by molar-refractivity contribution is 0.0661. The van der Waals surface area contributed by atoms with Crippen molar-refractivity contribution in [3.8, 4) is 5.75 Å². The molecule has 0 saturated carbocycles. The summed E-state index contributed by atoms with van der Waals surface area (Å²) >= 11 is 10.2. The summed E-state index contributed by atoms with van der Waals surface area (Å²) in [6.07, 6.45) is 0. The van der Waals surface area contributed by atoms with Gasteiger partial charge in [-0.05, 0) is 57.0 Å². The minimum Gasteiger partial charge on any atom is -0.486 e. The van der Waals surface area contributed by atoms with Crippen LogP contribution < -0.4 is 4.74 Å². The van der Waals surface area contributed by atoms with Crippen LogP contribution in [0.15, 0.2) is 36.0 Å². The molecule has 2 aromatic rings. The number of aryl methyl sites for hydroxylation is 1. The fourth-order valence-electron chi connectivity index (χ4n) is 1.59. The standard InChI is InChI=1S/C13H9Br3O4/c1-6-7(2-11(20-6)13(17)18)5-19-12-9(15)3-8(14)4-10(12)16/h2-4H,5H2,1H3,(H,17,18). The zero-order valence-corrected chi connectivity index (χ0v) is 15.0. The first kappa shape index (κ1) is 15.6. The molecule has 0 aliphatic heterocycles. The van der Waals surface area contributed by atoms with Gasteiger partial charge in [-0.3, -0.25) is 0 Å². The van der Waals surface area contributed by atoms with E-state index in [4.69, 9.17) is 14.3 Å². The number of ether oxygens (including phenoxy) is 1. The van der Waals surface area contributed by atoms with E-state index in [1.807, 2.05) is 12.1 Å². The summed E-state index contributed by atoms with van der Waals surface area (Å²) in [6, 6.07) is 5.20. The van der Waals surface area contributed by atoms with Crippen LogP contribution in [0.2, 0.25) is 0 Å². The van der Waals surface area contributed by atoms with Crippen LogP contribution in [0.3, 0.4) is 0 Å². The van der Waals surface area contributed by atoms with Crippen molar-refractivity contribution in [2.45, 2.75) is 13.5 Å². The maximum atomic E-state index is 10.8. The van der Waals surface area contributed by atoms with E-state index in [1.165, 1.54) is 6.07 Å². The van der Waals surface area contributed by atoms with Crippen LogP contribution in [0.25, 0.3) is 0 Å². The van der Waals surface area contributed by atoms with Gasteiger partial charge in [-0.2, -0.15) is 0 Å². The highest BCUT2D eigenvalue weighted by Gasteiger charge is 2.15. The van der Waals surface area contributed by atoms with E-state index in [2.05, 4.69) is 47.8 Å². The highest BCUT2D eigenvalue weighted by Crippen LogP contribution is 2.37. The summed E-state index contributed by atoms with van der Waals surface area (Å²) < 4.78 is 13.3. The fraction of sp³-hybridized carbons (Fsp3) is 0.154.